The van der Waals surface area contributed by atoms with Crippen molar-refractivity contribution in [2.45, 2.75) is 26.8 Å². The molecule has 2 heterocycles. The molecule has 1 aromatic heterocycles. The molecule has 116 valence electrons. The Hall–Kier alpha value is -2.17. The van der Waals surface area contributed by atoms with Crippen LogP contribution in [-0.2, 0) is 11.3 Å². The number of piperidine rings is 1. The van der Waals surface area contributed by atoms with E-state index in [1.807, 2.05) is 29.2 Å². The van der Waals surface area contributed by atoms with Crippen molar-refractivity contribution >= 4 is 16.9 Å². The number of carbonyl (C=O) groups excluding carboxylic acids is 1. The third-order valence-corrected chi connectivity index (χ3v) is 4.27. The van der Waals surface area contributed by atoms with E-state index in [0.717, 1.165) is 25.0 Å². The molecule has 0 spiro atoms. The number of amides is 1. The van der Waals surface area contributed by atoms with Crippen LogP contribution in [0.3, 0.4) is 0 Å². The van der Waals surface area contributed by atoms with Crippen LogP contribution in [0.25, 0.3) is 11.0 Å². The van der Waals surface area contributed by atoms with Crippen molar-refractivity contribution in [2.75, 3.05) is 13.1 Å². The van der Waals surface area contributed by atoms with E-state index in [-0.39, 0.29) is 18.0 Å². The summed E-state index contributed by atoms with van der Waals surface area (Å²) in [4.78, 5) is 30.7. The van der Waals surface area contributed by atoms with Crippen LogP contribution in [-0.4, -0.2) is 33.4 Å². The number of hydrogen-bond acceptors (Lipinski definition) is 3. The van der Waals surface area contributed by atoms with E-state index in [4.69, 9.17) is 0 Å². The highest BCUT2D eigenvalue weighted by atomic mass is 16.2. The van der Waals surface area contributed by atoms with Crippen molar-refractivity contribution < 1.29 is 4.79 Å². The largest absolute Gasteiger partial charge is 0.341 e. The van der Waals surface area contributed by atoms with E-state index >= 15 is 0 Å². The van der Waals surface area contributed by atoms with Gasteiger partial charge in [0, 0.05) is 13.1 Å². The van der Waals surface area contributed by atoms with Crippen LogP contribution >= 0.6 is 0 Å². The molecule has 5 heteroatoms. The lowest BCUT2D eigenvalue weighted by molar-refractivity contribution is -0.134. The molecule has 0 N–H and O–H groups in total. The van der Waals surface area contributed by atoms with E-state index in [1.54, 1.807) is 0 Å². The van der Waals surface area contributed by atoms with Crippen LogP contribution in [0.15, 0.2) is 35.3 Å². The number of rotatable bonds is 2. The predicted molar refractivity (Wildman–Crippen MR) is 85.5 cm³/mol. The minimum absolute atomic E-state index is 0.0110. The van der Waals surface area contributed by atoms with Crippen LogP contribution in [0.4, 0.5) is 0 Å². The van der Waals surface area contributed by atoms with E-state index in [0.29, 0.717) is 17.4 Å². The standard InChI is InChI=1S/C17H21N3O2/c1-12-7-13(2)10-19(9-12)17(22)11-20-15-6-4-3-5-14(15)18-8-16(20)21/h3-6,8,12-13H,7,9-11H2,1-2H3. The molecule has 3 rings (SSSR count). The van der Waals surface area contributed by atoms with Gasteiger partial charge in [0.25, 0.3) is 5.56 Å². The van der Waals surface area contributed by atoms with Gasteiger partial charge in [0.2, 0.25) is 5.91 Å². The monoisotopic (exact) mass is 299 g/mol. The van der Waals surface area contributed by atoms with E-state index in [9.17, 15) is 9.59 Å². The van der Waals surface area contributed by atoms with Crippen molar-refractivity contribution in [1.82, 2.24) is 14.5 Å². The Morgan fingerprint density at radius 3 is 2.64 bits per heavy atom. The summed E-state index contributed by atoms with van der Waals surface area (Å²) in [5.41, 5.74) is 1.21. The summed E-state index contributed by atoms with van der Waals surface area (Å²) in [6, 6.07) is 7.41. The molecule has 2 aromatic rings. The third kappa shape index (κ3) is 2.89. The third-order valence-electron chi connectivity index (χ3n) is 4.27. The van der Waals surface area contributed by atoms with Crippen molar-refractivity contribution in [2.24, 2.45) is 11.8 Å². The van der Waals surface area contributed by atoms with E-state index < -0.39 is 0 Å². The normalized spacial score (nSPS) is 22.0. The lowest BCUT2D eigenvalue weighted by Gasteiger charge is -2.35. The number of aromatic nitrogens is 2. The first-order valence-electron chi connectivity index (χ1n) is 7.77. The van der Waals surface area contributed by atoms with Crippen LogP contribution < -0.4 is 5.56 Å². The van der Waals surface area contributed by atoms with Gasteiger partial charge in [-0.3, -0.25) is 14.2 Å². The van der Waals surface area contributed by atoms with Crippen molar-refractivity contribution in [3.05, 3.63) is 40.8 Å². The zero-order valence-corrected chi connectivity index (χ0v) is 13.0. The minimum Gasteiger partial charge on any atom is -0.341 e. The smallest absolute Gasteiger partial charge is 0.269 e. The first kappa shape index (κ1) is 14.8. The Morgan fingerprint density at radius 2 is 1.91 bits per heavy atom. The molecule has 0 bridgehead atoms. The van der Waals surface area contributed by atoms with Crippen molar-refractivity contribution in [3.8, 4) is 0 Å². The van der Waals surface area contributed by atoms with Crippen LogP contribution in [0.1, 0.15) is 20.3 Å². The van der Waals surface area contributed by atoms with Gasteiger partial charge in [-0.2, -0.15) is 0 Å². The van der Waals surface area contributed by atoms with Gasteiger partial charge >= 0.3 is 0 Å². The molecule has 0 saturated carbocycles. The molecule has 5 nitrogen and oxygen atoms in total. The molecule has 22 heavy (non-hydrogen) atoms. The lowest BCUT2D eigenvalue weighted by atomic mass is 9.92. The highest BCUT2D eigenvalue weighted by molar-refractivity contribution is 5.80. The number of fused-ring (bicyclic) bond motifs is 1. The molecule has 1 saturated heterocycles. The fourth-order valence-corrected chi connectivity index (χ4v) is 3.38. The average molecular weight is 299 g/mol. The number of nitrogens with zero attached hydrogens (tertiary/aromatic N) is 3. The van der Waals surface area contributed by atoms with Crippen LogP contribution in [0.2, 0.25) is 0 Å². The first-order chi connectivity index (χ1) is 10.5. The summed E-state index contributed by atoms with van der Waals surface area (Å²) in [6.45, 7) is 5.98. The van der Waals surface area contributed by atoms with Crippen LogP contribution in [0, 0.1) is 11.8 Å². The summed E-state index contributed by atoms with van der Waals surface area (Å²) in [6.07, 6.45) is 2.44. The highest BCUT2D eigenvalue weighted by Gasteiger charge is 2.25. The first-order valence-corrected chi connectivity index (χ1v) is 7.77. The quantitative estimate of drug-likeness (QED) is 0.851. The predicted octanol–water partition coefficient (Wildman–Crippen LogP) is 1.90. The molecule has 1 aliphatic rings. The van der Waals surface area contributed by atoms with Crippen molar-refractivity contribution in [3.63, 3.8) is 0 Å². The zero-order valence-electron chi connectivity index (χ0n) is 13.0. The Labute approximate surface area is 129 Å². The Balaban J connectivity index is 1.88. The summed E-state index contributed by atoms with van der Waals surface area (Å²) < 4.78 is 1.52. The fourth-order valence-electron chi connectivity index (χ4n) is 3.38. The molecular formula is C17H21N3O2. The minimum atomic E-state index is -0.231. The van der Waals surface area contributed by atoms with Gasteiger partial charge in [0.05, 0.1) is 17.2 Å². The van der Waals surface area contributed by atoms with Gasteiger partial charge in [-0.15, -0.1) is 0 Å². The molecule has 0 radical (unpaired) electrons. The lowest BCUT2D eigenvalue weighted by Crippen LogP contribution is -2.44. The number of carbonyl (C=O) groups is 1. The molecule has 0 aliphatic carbocycles. The van der Waals surface area contributed by atoms with Gasteiger partial charge in [-0.1, -0.05) is 26.0 Å². The van der Waals surface area contributed by atoms with E-state index in [2.05, 4.69) is 18.8 Å². The summed E-state index contributed by atoms with van der Waals surface area (Å²) >= 11 is 0. The van der Waals surface area contributed by atoms with Crippen LogP contribution in [0.5, 0.6) is 0 Å². The summed E-state index contributed by atoms with van der Waals surface area (Å²) in [5, 5.41) is 0. The summed E-state index contributed by atoms with van der Waals surface area (Å²) in [7, 11) is 0. The molecular weight excluding hydrogens is 278 g/mol. The zero-order chi connectivity index (χ0) is 15.7. The highest BCUT2D eigenvalue weighted by Crippen LogP contribution is 2.21. The maximum atomic E-state index is 12.6. The maximum Gasteiger partial charge on any atom is 0.269 e. The second-order valence-electron chi connectivity index (χ2n) is 6.42. The molecule has 2 atom stereocenters. The van der Waals surface area contributed by atoms with Gasteiger partial charge in [-0.25, -0.2) is 4.98 Å². The Bertz CT molecular complexity index is 743. The molecule has 1 amide bonds. The van der Waals surface area contributed by atoms with Gasteiger partial charge in [0.1, 0.15) is 6.54 Å². The average Bonchev–Trinajstić information content (AvgIpc) is 2.49. The number of para-hydroxylation sites is 2. The maximum absolute atomic E-state index is 12.6. The van der Waals surface area contributed by atoms with Gasteiger partial charge in [0.15, 0.2) is 0 Å². The molecule has 2 unspecified atom stereocenters. The number of benzene rings is 1. The van der Waals surface area contributed by atoms with Crippen molar-refractivity contribution in [1.29, 1.82) is 0 Å². The number of likely N-dealkylation sites (tertiary alicyclic amines) is 1. The SMILES string of the molecule is CC1CC(C)CN(C(=O)Cn2c(=O)cnc3ccccc32)C1. The molecule has 1 aliphatic heterocycles. The second kappa shape index (κ2) is 5.91. The van der Waals surface area contributed by atoms with Gasteiger partial charge < -0.3 is 4.90 Å². The Kier molecular flexibility index (Phi) is 3.96. The topological polar surface area (TPSA) is 55.2 Å². The number of hydrogen-bond donors (Lipinski definition) is 0. The Morgan fingerprint density at radius 1 is 1.23 bits per heavy atom. The fraction of sp³-hybridized carbons (Fsp3) is 0.471. The van der Waals surface area contributed by atoms with E-state index in [1.165, 1.54) is 10.8 Å². The second-order valence-corrected chi connectivity index (χ2v) is 6.42. The molecule has 1 fully saturated rings. The molecule has 1 aromatic carbocycles. The van der Waals surface area contributed by atoms with Gasteiger partial charge in [-0.05, 0) is 30.4 Å². The summed E-state index contributed by atoms with van der Waals surface area (Å²) in [5.74, 6) is 1.04.